The maximum Gasteiger partial charge on any atom is 0.421 e. The molecular formula is C48H48N2O11. The standard InChI is InChI=1S/C48H48N2O11/c1-58-28-29-60-46(56)49-36-21-20-31(22-25-47(57)23-12-2-3-13-24-47)30-35(36)48(45(49)55)38(43(52)53)40-44(54)61-41(33-16-8-5-9-17-33)39(32-14-6-4-7-15-32)50(40)42(48)34-18-10-11-19-37(34)59-27-26-51/h4-11,14-21,30,38-42,51,57H,2-3,12-13,23-24,26-29H2,1H3,(H,52,53)/t38-,39-,40-,41+,42+,48-/m0/s1. The van der Waals surface area contributed by atoms with E-state index in [1.807, 2.05) is 60.7 Å². The summed E-state index contributed by atoms with van der Waals surface area (Å²) in [6, 6.07) is 26.1. The second-order valence-corrected chi connectivity index (χ2v) is 15.9. The lowest BCUT2D eigenvalue weighted by Crippen LogP contribution is -2.53. The molecule has 61 heavy (non-hydrogen) atoms. The predicted molar refractivity (Wildman–Crippen MR) is 221 cm³/mol. The Morgan fingerprint density at radius 2 is 1.51 bits per heavy atom. The molecule has 1 saturated carbocycles. The van der Waals surface area contributed by atoms with Crippen molar-refractivity contribution in [1.82, 2.24) is 4.90 Å². The molecule has 0 unspecified atom stereocenters. The predicted octanol–water partition coefficient (Wildman–Crippen LogP) is 6.03. The molecule has 6 atom stereocenters. The number of fused-ring (bicyclic) bond motifs is 3. The molecule has 0 bridgehead atoms. The third-order valence-electron chi connectivity index (χ3n) is 12.4. The lowest BCUT2D eigenvalue weighted by molar-refractivity contribution is -0.179. The van der Waals surface area contributed by atoms with Crippen LogP contribution >= 0.6 is 0 Å². The first kappa shape index (κ1) is 41.7. The number of hydrogen-bond donors (Lipinski definition) is 3. The van der Waals surface area contributed by atoms with Crippen molar-refractivity contribution in [2.45, 2.75) is 73.8 Å². The molecule has 0 radical (unpaired) electrons. The van der Waals surface area contributed by atoms with E-state index in [0.29, 0.717) is 35.1 Å². The number of amides is 2. The number of rotatable bonds is 10. The summed E-state index contributed by atoms with van der Waals surface area (Å²) in [5.74, 6) is 1.30. The minimum Gasteiger partial charge on any atom is -0.491 e. The number of hydrogen-bond acceptors (Lipinski definition) is 11. The largest absolute Gasteiger partial charge is 0.491 e. The van der Waals surface area contributed by atoms with Crippen molar-refractivity contribution < 1.29 is 53.4 Å². The van der Waals surface area contributed by atoms with Crippen molar-refractivity contribution in [3.8, 4) is 17.6 Å². The van der Waals surface area contributed by atoms with Gasteiger partial charge in [-0.25, -0.2) is 9.69 Å². The van der Waals surface area contributed by atoms with E-state index < -0.39 is 65.1 Å². The number of imide groups is 1. The number of carbonyl (C=O) groups excluding carboxylic acids is 3. The van der Waals surface area contributed by atoms with E-state index in [-0.39, 0.29) is 43.4 Å². The molecule has 0 aromatic heterocycles. The van der Waals surface area contributed by atoms with Gasteiger partial charge in [-0.15, -0.1) is 0 Å². The van der Waals surface area contributed by atoms with Gasteiger partial charge >= 0.3 is 18.0 Å². The zero-order valence-corrected chi connectivity index (χ0v) is 33.8. The van der Waals surface area contributed by atoms with E-state index in [1.165, 1.54) is 13.2 Å². The van der Waals surface area contributed by atoms with E-state index >= 15 is 4.79 Å². The molecule has 2 amide bonds. The quantitative estimate of drug-likeness (QED) is 0.0735. The Balaban J connectivity index is 1.44. The van der Waals surface area contributed by atoms with E-state index in [1.54, 1.807) is 41.3 Å². The number of esters is 1. The Kier molecular flexibility index (Phi) is 12.0. The number of carbonyl (C=O) groups is 4. The van der Waals surface area contributed by atoms with Crippen molar-refractivity contribution in [2.75, 3.05) is 38.4 Å². The highest BCUT2D eigenvalue weighted by Crippen LogP contribution is 2.66. The summed E-state index contributed by atoms with van der Waals surface area (Å²) in [5, 5.41) is 33.0. The molecule has 3 aliphatic heterocycles. The second kappa shape index (κ2) is 17.5. The molecule has 4 aromatic rings. The van der Waals surface area contributed by atoms with Gasteiger partial charge in [0.15, 0.2) is 0 Å². The Hall–Kier alpha value is -6.04. The number of cyclic esters (lactones) is 1. The number of carboxylic acid groups (broad SMARTS) is 1. The minimum atomic E-state index is -2.24. The van der Waals surface area contributed by atoms with Crippen molar-refractivity contribution >= 4 is 29.6 Å². The van der Waals surface area contributed by atoms with Gasteiger partial charge in [0.1, 0.15) is 48.0 Å². The summed E-state index contributed by atoms with van der Waals surface area (Å²) in [5.41, 5.74) is -1.30. The smallest absolute Gasteiger partial charge is 0.421 e. The molecule has 2 saturated heterocycles. The van der Waals surface area contributed by atoms with Crippen LogP contribution in [0.2, 0.25) is 0 Å². The number of aliphatic hydroxyl groups is 2. The van der Waals surface area contributed by atoms with Gasteiger partial charge < -0.3 is 34.3 Å². The second-order valence-electron chi connectivity index (χ2n) is 15.9. The van der Waals surface area contributed by atoms with Crippen LogP contribution in [0.15, 0.2) is 103 Å². The third-order valence-corrected chi connectivity index (χ3v) is 12.4. The van der Waals surface area contributed by atoms with E-state index in [2.05, 4.69) is 11.8 Å². The van der Waals surface area contributed by atoms with Crippen molar-refractivity contribution in [1.29, 1.82) is 0 Å². The first-order chi connectivity index (χ1) is 29.6. The molecule has 13 heteroatoms. The van der Waals surface area contributed by atoms with Crippen LogP contribution in [0.4, 0.5) is 10.5 Å². The SMILES string of the molecule is COCCOC(=O)N1C(=O)[C@@]2(c3cc(C#CC4(O)CCCCCC4)ccc31)[C@H](C(=O)O)[C@H]1C(=O)O[C@H](c3ccccc3)[C@H](c3ccccc3)N1[C@@H]2c1ccccc1OCCO. The molecule has 3 heterocycles. The summed E-state index contributed by atoms with van der Waals surface area (Å²) in [4.78, 5) is 61.9. The number of benzene rings is 4. The average Bonchev–Trinajstić information content (AvgIpc) is 3.61. The number of anilines is 1. The van der Waals surface area contributed by atoms with E-state index in [0.717, 1.165) is 30.6 Å². The lowest BCUT2D eigenvalue weighted by Gasteiger charge is -2.46. The van der Waals surface area contributed by atoms with Crippen LogP contribution in [-0.4, -0.2) is 89.3 Å². The van der Waals surface area contributed by atoms with Gasteiger partial charge in [0.2, 0.25) is 5.91 Å². The summed E-state index contributed by atoms with van der Waals surface area (Å²) in [6.07, 6.45) is 2.54. The van der Waals surface area contributed by atoms with Crippen molar-refractivity contribution in [3.63, 3.8) is 0 Å². The van der Waals surface area contributed by atoms with Gasteiger partial charge in [-0.2, -0.15) is 0 Å². The van der Waals surface area contributed by atoms with Gasteiger partial charge in [0.25, 0.3) is 0 Å². The molecule has 3 N–H and O–H groups in total. The fourth-order valence-electron chi connectivity index (χ4n) is 9.81. The number of para-hydroxylation sites is 1. The van der Waals surface area contributed by atoms with E-state index in [4.69, 9.17) is 18.9 Å². The summed E-state index contributed by atoms with van der Waals surface area (Å²) in [7, 11) is 1.44. The maximum absolute atomic E-state index is 15.9. The van der Waals surface area contributed by atoms with Crippen LogP contribution in [0.3, 0.4) is 0 Å². The highest BCUT2D eigenvalue weighted by atomic mass is 16.6. The van der Waals surface area contributed by atoms with Crippen LogP contribution in [0.1, 0.15) is 84.5 Å². The summed E-state index contributed by atoms with van der Waals surface area (Å²) >= 11 is 0. The normalized spacial score (nSPS) is 25.4. The Bertz CT molecular complexity index is 2340. The molecule has 316 valence electrons. The number of morpholine rings is 1. The molecule has 1 aliphatic carbocycles. The first-order valence-electron chi connectivity index (χ1n) is 20.7. The zero-order chi connectivity index (χ0) is 42.7. The molecular weight excluding hydrogens is 781 g/mol. The van der Waals surface area contributed by atoms with Gasteiger partial charge in [0.05, 0.1) is 31.0 Å². The number of methoxy groups -OCH3 is 1. The molecule has 4 aliphatic rings. The number of ether oxygens (including phenoxy) is 4. The first-order valence-corrected chi connectivity index (χ1v) is 20.7. The molecule has 3 fully saturated rings. The third kappa shape index (κ3) is 7.44. The number of nitrogens with zero attached hydrogens (tertiary/aromatic N) is 2. The molecule has 1 spiro atoms. The van der Waals surface area contributed by atoms with E-state index in [9.17, 15) is 29.7 Å². The summed E-state index contributed by atoms with van der Waals surface area (Å²) < 4.78 is 23.2. The monoisotopic (exact) mass is 828 g/mol. The van der Waals surface area contributed by atoms with Crippen LogP contribution < -0.4 is 9.64 Å². The maximum atomic E-state index is 15.9. The Labute approximate surface area is 353 Å². The van der Waals surface area contributed by atoms with Crippen LogP contribution in [0.5, 0.6) is 5.75 Å². The Morgan fingerprint density at radius 1 is 0.836 bits per heavy atom. The van der Waals surface area contributed by atoms with Gasteiger partial charge in [-0.05, 0) is 66.6 Å². The molecule has 4 aromatic carbocycles. The fraction of sp³-hybridized carbons (Fsp3) is 0.375. The average molecular weight is 829 g/mol. The number of aliphatic carboxylic acids is 1. The highest BCUT2D eigenvalue weighted by Gasteiger charge is 2.76. The van der Waals surface area contributed by atoms with Crippen LogP contribution in [0.25, 0.3) is 0 Å². The molecule has 8 rings (SSSR count). The zero-order valence-electron chi connectivity index (χ0n) is 33.8. The van der Waals surface area contributed by atoms with Crippen molar-refractivity contribution in [2.24, 2.45) is 5.92 Å². The fourth-order valence-corrected chi connectivity index (χ4v) is 9.81. The van der Waals surface area contributed by atoms with Crippen molar-refractivity contribution in [3.05, 3.63) is 131 Å². The van der Waals surface area contributed by atoms with Gasteiger partial charge in [0, 0.05) is 18.2 Å². The topological polar surface area (TPSA) is 172 Å². The van der Waals surface area contributed by atoms with Gasteiger partial charge in [-0.3, -0.25) is 19.3 Å². The number of carboxylic acids is 1. The van der Waals surface area contributed by atoms with Crippen LogP contribution in [0, 0.1) is 17.8 Å². The number of aliphatic hydroxyl groups excluding tert-OH is 1. The highest BCUT2D eigenvalue weighted by molar-refractivity contribution is 6.23. The van der Waals surface area contributed by atoms with Crippen LogP contribution in [-0.2, 0) is 34.0 Å². The Morgan fingerprint density at radius 3 is 2.18 bits per heavy atom. The molecule has 13 nitrogen and oxygen atoms in total. The van der Waals surface area contributed by atoms with Gasteiger partial charge in [-0.1, -0.05) is 104 Å². The lowest BCUT2D eigenvalue weighted by atomic mass is 9.65. The minimum absolute atomic E-state index is 0.0283. The summed E-state index contributed by atoms with van der Waals surface area (Å²) in [6.45, 7) is -0.658.